The maximum Gasteiger partial charge on any atom is 0.118 e. The smallest absolute Gasteiger partial charge is 0.118 e. The van der Waals surface area contributed by atoms with Gasteiger partial charge in [-0.1, -0.05) is 35.9 Å². The number of ether oxygens (including phenoxy) is 1. The Kier molecular flexibility index (Phi) is 4.16. The van der Waals surface area contributed by atoms with Crippen molar-refractivity contribution in [3.63, 3.8) is 0 Å². The standard InChI is InChI=1S/C21H17ClN2O/c1-25-19-8-2-15(3-9-19)14-24-13-11-17-10-12-23-20(21(17)24)16-4-6-18(22)7-5-16/h2-13H,14H2,1H3. The molecule has 0 atom stereocenters. The van der Waals surface area contributed by atoms with Gasteiger partial charge in [0.2, 0.25) is 0 Å². The van der Waals surface area contributed by atoms with Crippen LogP contribution in [-0.4, -0.2) is 16.7 Å². The molecule has 3 nitrogen and oxygen atoms in total. The van der Waals surface area contributed by atoms with E-state index in [4.69, 9.17) is 16.3 Å². The van der Waals surface area contributed by atoms with Gasteiger partial charge in [0.1, 0.15) is 5.75 Å². The van der Waals surface area contributed by atoms with Gasteiger partial charge in [-0.3, -0.25) is 4.98 Å². The number of fused-ring (bicyclic) bond motifs is 1. The molecule has 4 aromatic rings. The molecule has 0 saturated carbocycles. The minimum absolute atomic E-state index is 0.726. The Morgan fingerprint density at radius 1 is 0.960 bits per heavy atom. The van der Waals surface area contributed by atoms with Crippen LogP contribution in [0.25, 0.3) is 22.2 Å². The number of aromatic nitrogens is 2. The fourth-order valence-corrected chi connectivity index (χ4v) is 3.15. The SMILES string of the molecule is COc1ccc(Cn2ccc3ccnc(-c4ccc(Cl)cc4)c32)cc1. The van der Waals surface area contributed by atoms with Crippen molar-refractivity contribution in [1.29, 1.82) is 0 Å². The number of hydrogen-bond acceptors (Lipinski definition) is 2. The third-order valence-corrected chi connectivity index (χ3v) is 4.56. The first-order valence-corrected chi connectivity index (χ1v) is 8.45. The van der Waals surface area contributed by atoms with Gasteiger partial charge in [-0.25, -0.2) is 0 Å². The van der Waals surface area contributed by atoms with E-state index in [2.05, 4.69) is 33.9 Å². The second-order valence-corrected chi connectivity index (χ2v) is 6.33. The molecule has 25 heavy (non-hydrogen) atoms. The van der Waals surface area contributed by atoms with E-state index in [0.717, 1.165) is 34.1 Å². The predicted octanol–water partition coefficient (Wildman–Crippen LogP) is 5.41. The third kappa shape index (κ3) is 3.11. The van der Waals surface area contributed by atoms with Crippen LogP contribution in [0, 0.1) is 0 Å². The van der Waals surface area contributed by atoms with Gasteiger partial charge < -0.3 is 9.30 Å². The lowest BCUT2D eigenvalue weighted by molar-refractivity contribution is 0.414. The van der Waals surface area contributed by atoms with Crippen molar-refractivity contribution in [1.82, 2.24) is 9.55 Å². The van der Waals surface area contributed by atoms with Crippen LogP contribution in [0.15, 0.2) is 73.1 Å². The number of rotatable bonds is 4. The van der Waals surface area contributed by atoms with E-state index in [9.17, 15) is 0 Å². The van der Waals surface area contributed by atoms with Gasteiger partial charge in [-0.05, 0) is 42.0 Å². The van der Waals surface area contributed by atoms with Gasteiger partial charge in [-0.2, -0.15) is 0 Å². The maximum atomic E-state index is 6.02. The van der Waals surface area contributed by atoms with E-state index in [-0.39, 0.29) is 0 Å². The summed E-state index contributed by atoms with van der Waals surface area (Å²) in [7, 11) is 1.68. The zero-order valence-corrected chi connectivity index (χ0v) is 14.6. The Labute approximate surface area is 151 Å². The molecular formula is C21H17ClN2O. The van der Waals surface area contributed by atoms with E-state index in [1.54, 1.807) is 7.11 Å². The van der Waals surface area contributed by atoms with Crippen LogP contribution >= 0.6 is 11.6 Å². The molecule has 0 fully saturated rings. The molecule has 0 amide bonds. The number of nitrogens with zero attached hydrogens (tertiary/aromatic N) is 2. The first kappa shape index (κ1) is 15.7. The lowest BCUT2D eigenvalue weighted by atomic mass is 10.1. The molecular weight excluding hydrogens is 332 g/mol. The Balaban J connectivity index is 1.78. The number of halogens is 1. The highest BCUT2D eigenvalue weighted by Gasteiger charge is 2.10. The first-order valence-electron chi connectivity index (χ1n) is 8.07. The van der Waals surface area contributed by atoms with Gasteiger partial charge in [-0.15, -0.1) is 0 Å². The summed E-state index contributed by atoms with van der Waals surface area (Å²) >= 11 is 6.02. The fraction of sp³-hybridized carbons (Fsp3) is 0.0952. The quantitative estimate of drug-likeness (QED) is 0.492. The topological polar surface area (TPSA) is 27.1 Å². The van der Waals surface area contributed by atoms with Gasteiger partial charge in [0.15, 0.2) is 0 Å². The molecule has 0 aliphatic carbocycles. The zero-order valence-electron chi connectivity index (χ0n) is 13.8. The minimum Gasteiger partial charge on any atom is -0.497 e. The van der Waals surface area contributed by atoms with E-state index < -0.39 is 0 Å². The lowest BCUT2D eigenvalue weighted by Gasteiger charge is -2.10. The van der Waals surface area contributed by atoms with Crippen molar-refractivity contribution < 1.29 is 4.74 Å². The molecule has 4 rings (SSSR count). The molecule has 0 spiro atoms. The average molecular weight is 349 g/mol. The monoisotopic (exact) mass is 348 g/mol. The minimum atomic E-state index is 0.726. The third-order valence-electron chi connectivity index (χ3n) is 4.31. The predicted molar refractivity (Wildman–Crippen MR) is 102 cm³/mol. The Hall–Kier alpha value is -2.78. The number of hydrogen-bond donors (Lipinski definition) is 0. The Bertz CT molecular complexity index is 1000. The van der Waals surface area contributed by atoms with Crippen molar-refractivity contribution in [2.45, 2.75) is 6.54 Å². The van der Waals surface area contributed by atoms with Crippen LogP contribution in [0.2, 0.25) is 5.02 Å². The summed E-state index contributed by atoms with van der Waals surface area (Å²) in [6.45, 7) is 0.778. The number of pyridine rings is 1. The summed E-state index contributed by atoms with van der Waals surface area (Å²) in [5, 5.41) is 1.90. The molecule has 2 aromatic heterocycles. The molecule has 0 aliphatic rings. The summed E-state index contributed by atoms with van der Waals surface area (Å²) in [6.07, 6.45) is 3.96. The Morgan fingerprint density at radius 3 is 2.44 bits per heavy atom. The highest BCUT2D eigenvalue weighted by atomic mass is 35.5. The van der Waals surface area contributed by atoms with E-state index in [1.165, 1.54) is 10.9 Å². The second kappa shape index (κ2) is 6.61. The van der Waals surface area contributed by atoms with Gasteiger partial charge in [0.25, 0.3) is 0 Å². The molecule has 0 radical (unpaired) electrons. The van der Waals surface area contributed by atoms with Crippen LogP contribution in [-0.2, 0) is 6.54 Å². The molecule has 0 N–H and O–H groups in total. The van der Waals surface area contributed by atoms with Crippen LogP contribution < -0.4 is 4.74 Å². The lowest BCUT2D eigenvalue weighted by Crippen LogP contribution is -2.00. The van der Waals surface area contributed by atoms with E-state index in [0.29, 0.717) is 0 Å². The summed E-state index contributed by atoms with van der Waals surface area (Å²) in [6, 6.07) is 20.1. The zero-order chi connectivity index (χ0) is 17.2. The van der Waals surface area contributed by atoms with Crippen molar-refractivity contribution in [2.24, 2.45) is 0 Å². The average Bonchev–Trinajstić information content (AvgIpc) is 3.06. The molecule has 0 unspecified atom stereocenters. The molecule has 4 heteroatoms. The van der Waals surface area contributed by atoms with Crippen LogP contribution in [0.4, 0.5) is 0 Å². The summed E-state index contributed by atoms with van der Waals surface area (Å²) in [4.78, 5) is 4.62. The normalized spacial score (nSPS) is 11.0. The van der Waals surface area contributed by atoms with Crippen molar-refractivity contribution >= 4 is 22.5 Å². The molecule has 2 aromatic carbocycles. The van der Waals surface area contributed by atoms with Crippen LogP contribution in [0.3, 0.4) is 0 Å². The van der Waals surface area contributed by atoms with E-state index in [1.807, 2.05) is 48.7 Å². The molecule has 2 heterocycles. The molecule has 0 aliphatic heterocycles. The Morgan fingerprint density at radius 2 is 1.72 bits per heavy atom. The number of methoxy groups -OCH3 is 1. The highest BCUT2D eigenvalue weighted by Crippen LogP contribution is 2.29. The summed E-state index contributed by atoms with van der Waals surface area (Å²) in [5.74, 6) is 0.865. The molecule has 124 valence electrons. The van der Waals surface area contributed by atoms with Crippen molar-refractivity contribution in [2.75, 3.05) is 7.11 Å². The van der Waals surface area contributed by atoms with E-state index >= 15 is 0 Å². The van der Waals surface area contributed by atoms with Crippen LogP contribution in [0.5, 0.6) is 5.75 Å². The fourth-order valence-electron chi connectivity index (χ4n) is 3.03. The molecule has 0 saturated heterocycles. The first-order chi connectivity index (χ1) is 12.2. The van der Waals surface area contributed by atoms with Gasteiger partial charge in [0, 0.05) is 34.9 Å². The van der Waals surface area contributed by atoms with Crippen LogP contribution in [0.1, 0.15) is 5.56 Å². The van der Waals surface area contributed by atoms with Gasteiger partial charge >= 0.3 is 0 Å². The largest absolute Gasteiger partial charge is 0.497 e. The van der Waals surface area contributed by atoms with Crippen molar-refractivity contribution in [3.8, 4) is 17.0 Å². The summed E-state index contributed by atoms with van der Waals surface area (Å²) in [5.41, 5.74) is 4.36. The highest BCUT2D eigenvalue weighted by molar-refractivity contribution is 6.30. The molecule has 0 bridgehead atoms. The second-order valence-electron chi connectivity index (χ2n) is 5.90. The maximum absolute atomic E-state index is 6.02. The summed E-state index contributed by atoms with van der Waals surface area (Å²) < 4.78 is 7.46. The number of benzene rings is 2. The van der Waals surface area contributed by atoms with Gasteiger partial charge in [0.05, 0.1) is 18.3 Å². The van der Waals surface area contributed by atoms with Crippen molar-refractivity contribution in [3.05, 3.63) is 83.6 Å².